The number of nitroso groups, excluding NO2 is 1. The molecule has 3 rings (SSSR count). The molecule has 1 fully saturated rings. The smallest absolute Gasteiger partial charge is 0.352 e. The minimum absolute atomic E-state index is 0.0358. The number of rotatable bonds is 6. The second kappa shape index (κ2) is 7.38. The zero-order chi connectivity index (χ0) is 19.6. The highest BCUT2D eigenvalue weighted by Crippen LogP contribution is 2.35. The van der Waals surface area contributed by atoms with Crippen LogP contribution in [-0.4, -0.2) is 32.3 Å². The molecule has 1 aromatic heterocycles. The second-order valence-electron chi connectivity index (χ2n) is 7.57. The Morgan fingerprint density at radius 1 is 1.33 bits per heavy atom. The first-order valence-electron chi connectivity index (χ1n) is 8.99. The summed E-state index contributed by atoms with van der Waals surface area (Å²) in [6.45, 7) is 5.48. The Hall–Kier alpha value is -2.90. The number of nitrogens with zero attached hydrogens (tertiary/aromatic N) is 4. The van der Waals surface area contributed by atoms with Gasteiger partial charge in [0.05, 0.1) is 11.4 Å². The fourth-order valence-corrected chi connectivity index (χ4v) is 3.32. The van der Waals surface area contributed by atoms with E-state index in [0.717, 1.165) is 10.2 Å². The van der Waals surface area contributed by atoms with E-state index in [1.165, 1.54) is 0 Å². The topological polar surface area (TPSA) is 106 Å². The SMILES string of the molecule is CC(C)c1nn(CC(=O)N[C@H]2C[C@@](C)(N=O)C2)c(=O)nc1-c1ccccc1. The first kappa shape index (κ1) is 18.9. The van der Waals surface area contributed by atoms with Crippen molar-refractivity contribution >= 4 is 5.91 Å². The summed E-state index contributed by atoms with van der Waals surface area (Å²) < 4.78 is 1.09. The summed E-state index contributed by atoms with van der Waals surface area (Å²) in [4.78, 5) is 39.5. The maximum atomic E-state index is 12.4. The summed E-state index contributed by atoms with van der Waals surface area (Å²) in [6.07, 6.45) is 1.01. The molecule has 1 heterocycles. The van der Waals surface area contributed by atoms with Gasteiger partial charge in [-0.3, -0.25) is 4.79 Å². The minimum Gasteiger partial charge on any atom is -0.352 e. The van der Waals surface area contributed by atoms with Crippen molar-refractivity contribution in [2.24, 2.45) is 5.18 Å². The predicted octanol–water partition coefficient (Wildman–Crippen LogP) is 2.23. The molecule has 1 N–H and O–H groups in total. The van der Waals surface area contributed by atoms with E-state index in [-0.39, 0.29) is 24.4 Å². The van der Waals surface area contributed by atoms with Crippen LogP contribution < -0.4 is 11.0 Å². The van der Waals surface area contributed by atoms with Gasteiger partial charge in [0.1, 0.15) is 12.1 Å². The first-order chi connectivity index (χ1) is 12.8. The Kier molecular flexibility index (Phi) is 5.16. The lowest BCUT2D eigenvalue weighted by atomic mass is 9.75. The number of benzene rings is 1. The summed E-state index contributed by atoms with van der Waals surface area (Å²) in [5.41, 5.74) is 0.851. The van der Waals surface area contributed by atoms with E-state index in [2.05, 4.69) is 20.6 Å². The van der Waals surface area contributed by atoms with Crippen LogP contribution in [0.15, 0.2) is 40.3 Å². The molecule has 1 saturated carbocycles. The van der Waals surface area contributed by atoms with E-state index >= 15 is 0 Å². The monoisotopic (exact) mass is 369 g/mol. The highest BCUT2D eigenvalue weighted by atomic mass is 16.3. The molecule has 142 valence electrons. The highest BCUT2D eigenvalue weighted by Gasteiger charge is 2.42. The quantitative estimate of drug-likeness (QED) is 0.786. The molecule has 1 amide bonds. The van der Waals surface area contributed by atoms with Gasteiger partial charge in [0.2, 0.25) is 5.91 Å². The van der Waals surface area contributed by atoms with Crippen molar-refractivity contribution in [3.8, 4) is 11.3 Å². The number of hydrogen-bond donors (Lipinski definition) is 1. The van der Waals surface area contributed by atoms with E-state index in [1.54, 1.807) is 6.92 Å². The highest BCUT2D eigenvalue weighted by molar-refractivity contribution is 5.76. The van der Waals surface area contributed by atoms with Gasteiger partial charge in [-0.05, 0) is 25.7 Å². The maximum Gasteiger partial charge on any atom is 0.365 e. The number of nitrogens with one attached hydrogen (secondary N) is 1. The minimum atomic E-state index is -0.600. The van der Waals surface area contributed by atoms with Crippen LogP contribution in [0.1, 0.15) is 45.2 Å². The fourth-order valence-electron chi connectivity index (χ4n) is 3.32. The molecule has 1 aliphatic rings. The molecule has 0 aliphatic heterocycles. The summed E-state index contributed by atoms with van der Waals surface area (Å²) in [7, 11) is 0. The van der Waals surface area contributed by atoms with Crippen LogP contribution in [0.4, 0.5) is 0 Å². The molecule has 8 nitrogen and oxygen atoms in total. The van der Waals surface area contributed by atoms with Crippen LogP contribution in [0.25, 0.3) is 11.3 Å². The maximum absolute atomic E-state index is 12.4. The Morgan fingerprint density at radius 2 is 2.00 bits per heavy atom. The van der Waals surface area contributed by atoms with Gasteiger partial charge in [-0.1, -0.05) is 49.4 Å². The van der Waals surface area contributed by atoms with Crippen LogP contribution in [-0.2, 0) is 11.3 Å². The van der Waals surface area contributed by atoms with E-state index < -0.39 is 11.2 Å². The largest absolute Gasteiger partial charge is 0.365 e. The molecule has 1 aliphatic carbocycles. The van der Waals surface area contributed by atoms with Crippen molar-refractivity contribution in [3.63, 3.8) is 0 Å². The van der Waals surface area contributed by atoms with E-state index in [4.69, 9.17) is 0 Å². The third kappa shape index (κ3) is 4.10. The summed E-state index contributed by atoms with van der Waals surface area (Å²) in [5, 5.41) is 10.3. The zero-order valence-electron chi connectivity index (χ0n) is 15.7. The Balaban J connectivity index is 1.78. The standard InChI is InChI=1S/C19H23N5O3/c1-12(2)16-17(13-7-5-4-6-8-13)21-18(26)24(22-16)11-15(25)20-14-9-19(3,10-14)23-27/h4-8,12,14H,9-11H2,1-3H3,(H,20,25)/t14-,19+. The molecule has 0 radical (unpaired) electrons. The Bertz CT molecular complexity index is 901. The second-order valence-corrected chi connectivity index (χ2v) is 7.57. The third-order valence-electron chi connectivity index (χ3n) is 4.74. The molecule has 0 spiro atoms. The van der Waals surface area contributed by atoms with Crippen molar-refractivity contribution in [3.05, 3.63) is 51.4 Å². The summed E-state index contributed by atoms with van der Waals surface area (Å²) >= 11 is 0. The van der Waals surface area contributed by atoms with Gasteiger partial charge in [-0.2, -0.15) is 15.0 Å². The molecule has 2 aromatic rings. The predicted molar refractivity (Wildman–Crippen MR) is 101 cm³/mol. The van der Waals surface area contributed by atoms with Gasteiger partial charge in [0.15, 0.2) is 0 Å². The van der Waals surface area contributed by atoms with Gasteiger partial charge in [0, 0.05) is 11.6 Å². The number of aromatic nitrogens is 3. The van der Waals surface area contributed by atoms with Gasteiger partial charge in [-0.25, -0.2) is 9.48 Å². The van der Waals surface area contributed by atoms with Gasteiger partial charge in [0.25, 0.3) is 0 Å². The van der Waals surface area contributed by atoms with Crippen LogP contribution in [0.5, 0.6) is 0 Å². The molecule has 0 bridgehead atoms. The van der Waals surface area contributed by atoms with Crippen molar-refractivity contribution in [2.45, 2.75) is 57.7 Å². The normalized spacial score (nSPS) is 21.6. The molecular formula is C19H23N5O3. The van der Waals surface area contributed by atoms with Crippen molar-refractivity contribution in [1.82, 2.24) is 20.1 Å². The number of carbonyl (C=O) groups is 1. The average Bonchev–Trinajstić information content (AvgIpc) is 2.62. The van der Waals surface area contributed by atoms with Crippen LogP contribution in [0.3, 0.4) is 0 Å². The first-order valence-corrected chi connectivity index (χ1v) is 8.99. The number of amides is 1. The zero-order valence-corrected chi connectivity index (χ0v) is 15.7. The third-order valence-corrected chi connectivity index (χ3v) is 4.74. The average molecular weight is 369 g/mol. The number of hydrogen-bond acceptors (Lipinski definition) is 6. The van der Waals surface area contributed by atoms with E-state index in [9.17, 15) is 14.5 Å². The lowest BCUT2D eigenvalue weighted by molar-refractivity contribution is -0.123. The lowest BCUT2D eigenvalue weighted by Crippen LogP contribution is -2.53. The van der Waals surface area contributed by atoms with Crippen molar-refractivity contribution < 1.29 is 4.79 Å². The van der Waals surface area contributed by atoms with Crippen LogP contribution >= 0.6 is 0 Å². The molecule has 27 heavy (non-hydrogen) atoms. The summed E-state index contributed by atoms with van der Waals surface area (Å²) in [5.74, 6) is -0.292. The molecule has 0 unspecified atom stereocenters. The molecule has 1 aromatic carbocycles. The molecule has 0 saturated heterocycles. The van der Waals surface area contributed by atoms with Gasteiger partial charge in [-0.15, -0.1) is 0 Å². The van der Waals surface area contributed by atoms with Crippen LogP contribution in [0, 0.1) is 4.91 Å². The lowest BCUT2D eigenvalue weighted by Gasteiger charge is -2.39. The Labute approximate surface area is 157 Å². The van der Waals surface area contributed by atoms with Crippen LogP contribution in [0.2, 0.25) is 0 Å². The molecule has 8 heteroatoms. The fraction of sp³-hybridized carbons (Fsp3) is 0.474. The van der Waals surface area contributed by atoms with Gasteiger partial charge < -0.3 is 5.32 Å². The Morgan fingerprint density at radius 3 is 2.59 bits per heavy atom. The van der Waals surface area contributed by atoms with Gasteiger partial charge >= 0.3 is 5.69 Å². The summed E-state index contributed by atoms with van der Waals surface area (Å²) in [6, 6.07) is 9.30. The molecule has 0 atom stereocenters. The number of carbonyl (C=O) groups excluding carboxylic acids is 1. The van der Waals surface area contributed by atoms with E-state index in [1.807, 2.05) is 44.2 Å². The molecular weight excluding hydrogens is 346 g/mol. The van der Waals surface area contributed by atoms with Crippen molar-refractivity contribution in [2.75, 3.05) is 0 Å². The van der Waals surface area contributed by atoms with Crippen molar-refractivity contribution in [1.29, 1.82) is 0 Å². The van der Waals surface area contributed by atoms with E-state index in [0.29, 0.717) is 24.2 Å².